The van der Waals surface area contributed by atoms with Crippen molar-refractivity contribution in [1.29, 1.82) is 0 Å². The van der Waals surface area contributed by atoms with Crippen LogP contribution in [-0.4, -0.2) is 35.0 Å². The number of hydrogen-bond donors (Lipinski definition) is 1. The van der Waals surface area contributed by atoms with Crippen LogP contribution in [0.2, 0.25) is 0 Å². The highest BCUT2D eigenvalue weighted by atomic mass is 16.2. The van der Waals surface area contributed by atoms with E-state index in [1.54, 1.807) is 4.68 Å². The maximum Gasteiger partial charge on any atom is 0.346 e. The Morgan fingerprint density at radius 1 is 0.909 bits per heavy atom. The Labute approximate surface area is 193 Å². The van der Waals surface area contributed by atoms with Gasteiger partial charge < -0.3 is 0 Å². The van der Waals surface area contributed by atoms with Crippen molar-refractivity contribution in [2.75, 3.05) is 0 Å². The molecule has 1 N–H and O–H groups in total. The quantitative estimate of drug-likeness (QED) is 0.344. The molecule has 2 heterocycles. The van der Waals surface area contributed by atoms with Gasteiger partial charge in [0, 0.05) is 18.5 Å². The molecule has 2 aromatic carbocycles. The molecule has 0 atom stereocenters. The van der Waals surface area contributed by atoms with Crippen molar-refractivity contribution < 1.29 is 0 Å². The van der Waals surface area contributed by atoms with E-state index in [2.05, 4.69) is 76.0 Å². The van der Waals surface area contributed by atoms with Crippen LogP contribution < -0.4 is 5.69 Å². The first kappa shape index (κ1) is 22.6. The minimum Gasteiger partial charge on any atom is -0.274 e. The molecule has 0 bridgehead atoms. The summed E-state index contributed by atoms with van der Waals surface area (Å²) >= 11 is 0. The smallest absolute Gasteiger partial charge is 0.274 e. The fourth-order valence-corrected chi connectivity index (χ4v) is 4.01. The first-order chi connectivity index (χ1) is 16.2. The van der Waals surface area contributed by atoms with Gasteiger partial charge in [-0.2, -0.15) is 5.10 Å². The van der Waals surface area contributed by atoms with E-state index in [1.165, 1.54) is 19.3 Å². The second-order valence-corrected chi connectivity index (χ2v) is 8.35. The number of aromatic nitrogens is 7. The van der Waals surface area contributed by atoms with Crippen LogP contribution in [0.3, 0.4) is 0 Å². The summed E-state index contributed by atoms with van der Waals surface area (Å²) in [6, 6.07) is 16.5. The number of unbranched alkanes of at least 4 members (excludes halogenated alkanes) is 3. The minimum atomic E-state index is -0.0141. The normalized spacial score (nSPS) is 11.2. The molecule has 0 saturated heterocycles. The highest BCUT2D eigenvalue weighted by Gasteiger charge is 2.13. The van der Waals surface area contributed by atoms with Crippen LogP contribution >= 0.6 is 0 Å². The number of nitrogens with zero attached hydrogens (tertiary/aromatic N) is 6. The summed E-state index contributed by atoms with van der Waals surface area (Å²) < 4.78 is 3.46. The zero-order valence-electron chi connectivity index (χ0n) is 19.4. The Kier molecular flexibility index (Phi) is 7.44. The van der Waals surface area contributed by atoms with Gasteiger partial charge >= 0.3 is 5.69 Å². The van der Waals surface area contributed by atoms with E-state index in [1.807, 2.05) is 16.7 Å². The molecule has 0 radical (unpaired) electrons. The molecule has 0 amide bonds. The van der Waals surface area contributed by atoms with Gasteiger partial charge in [0.15, 0.2) is 5.82 Å². The van der Waals surface area contributed by atoms with Gasteiger partial charge in [0.1, 0.15) is 5.82 Å². The van der Waals surface area contributed by atoms with Gasteiger partial charge in [-0.15, -0.1) is 5.10 Å². The summed E-state index contributed by atoms with van der Waals surface area (Å²) in [5.74, 6) is 1.53. The molecular weight excluding hydrogens is 414 g/mol. The molecule has 0 fully saturated rings. The van der Waals surface area contributed by atoms with Gasteiger partial charge in [0.25, 0.3) is 0 Å². The second kappa shape index (κ2) is 10.8. The van der Waals surface area contributed by atoms with Gasteiger partial charge in [-0.1, -0.05) is 75.6 Å². The molecule has 8 nitrogen and oxygen atoms in total. The Hall–Kier alpha value is -3.55. The first-order valence-corrected chi connectivity index (χ1v) is 11.8. The standard InChI is InChI=1S/C25H31N7O/c1-3-5-6-7-11-23-28-32(16-4-2)25(33)31(23)18-19-12-14-20(15-13-19)21-9-8-10-22(17-21)24-26-29-30-27-24/h8-10,12-15,17H,3-7,11,16,18H2,1-2H3,(H,26,27,29,30). The Morgan fingerprint density at radius 3 is 2.45 bits per heavy atom. The van der Waals surface area contributed by atoms with E-state index in [-0.39, 0.29) is 5.69 Å². The predicted molar refractivity (Wildman–Crippen MR) is 129 cm³/mol. The van der Waals surface area contributed by atoms with E-state index in [0.29, 0.717) is 18.9 Å². The molecule has 0 spiro atoms. The minimum absolute atomic E-state index is 0.0141. The molecule has 33 heavy (non-hydrogen) atoms. The number of aryl methyl sites for hydroxylation is 2. The number of hydrogen-bond acceptors (Lipinski definition) is 5. The van der Waals surface area contributed by atoms with Crippen molar-refractivity contribution in [3.8, 4) is 22.5 Å². The molecule has 2 aromatic heterocycles. The molecule has 8 heteroatoms. The fourth-order valence-electron chi connectivity index (χ4n) is 4.01. The molecule has 4 rings (SSSR count). The third kappa shape index (κ3) is 5.45. The van der Waals surface area contributed by atoms with Gasteiger partial charge in [-0.25, -0.2) is 14.6 Å². The van der Waals surface area contributed by atoms with Gasteiger partial charge in [-0.05, 0) is 46.0 Å². The number of rotatable bonds is 11. The Balaban J connectivity index is 1.53. The second-order valence-electron chi connectivity index (χ2n) is 8.35. The Bertz CT molecular complexity index is 1210. The average Bonchev–Trinajstić information content (AvgIpc) is 3.48. The average molecular weight is 446 g/mol. The fraction of sp³-hybridized carbons (Fsp3) is 0.400. The van der Waals surface area contributed by atoms with Crippen LogP contribution in [0.25, 0.3) is 22.5 Å². The van der Waals surface area contributed by atoms with Crippen LogP contribution in [0.4, 0.5) is 0 Å². The van der Waals surface area contributed by atoms with Crippen LogP contribution in [0.5, 0.6) is 0 Å². The zero-order chi connectivity index (χ0) is 23.0. The highest BCUT2D eigenvalue weighted by Crippen LogP contribution is 2.24. The van der Waals surface area contributed by atoms with E-state index in [4.69, 9.17) is 0 Å². The van der Waals surface area contributed by atoms with Crippen LogP contribution in [0.15, 0.2) is 53.3 Å². The summed E-state index contributed by atoms with van der Waals surface area (Å²) in [5.41, 5.74) is 4.19. The molecule has 0 aliphatic carbocycles. The maximum absolute atomic E-state index is 13.0. The molecule has 4 aromatic rings. The lowest BCUT2D eigenvalue weighted by Gasteiger charge is -2.08. The summed E-state index contributed by atoms with van der Waals surface area (Å²) in [5, 5.41) is 18.7. The molecule has 0 saturated carbocycles. The third-order valence-corrected chi connectivity index (χ3v) is 5.80. The lowest BCUT2D eigenvalue weighted by atomic mass is 10.0. The maximum atomic E-state index is 13.0. The first-order valence-electron chi connectivity index (χ1n) is 11.8. The number of aromatic amines is 1. The van der Waals surface area contributed by atoms with Crippen molar-refractivity contribution >= 4 is 0 Å². The van der Waals surface area contributed by atoms with Crippen molar-refractivity contribution in [3.63, 3.8) is 0 Å². The van der Waals surface area contributed by atoms with Gasteiger partial charge in [0.2, 0.25) is 0 Å². The van der Waals surface area contributed by atoms with Crippen molar-refractivity contribution in [2.24, 2.45) is 0 Å². The molecule has 0 unspecified atom stereocenters. The summed E-state index contributed by atoms with van der Waals surface area (Å²) in [6.07, 6.45) is 6.38. The largest absolute Gasteiger partial charge is 0.346 e. The number of H-pyrrole nitrogens is 1. The van der Waals surface area contributed by atoms with Crippen molar-refractivity contribution in [3.05, 3.63) is 70.4 Å². The molecular formula is C25H31N7O. The van der Waals surface area contributed by atoms with Crippen LogP contribution in [-0.2, 0) is 19.5 Å². The number of tetrazole rings is 1. The highest BCUT2D eigenvalue weighted by molar-refractivity contribution is 5.70. The molecule has 0 aliphatic rings. The molecule has 172 valence electrons. The van der Waals surface area contributed by atoms with Gasteiger partial charge in [0.05, 0.1) is 6.54 Å². The Morgan fingerprint density at radius 2 is 1.73 bits per heavy atom. The summed E-state index contributed by atoms with van der Waals surface area (Å²) in [4.78, 5) is 13.0. The summed E-state index contributed by atoms with van der Waals surface area (Å²) in [6.45, 7) is 5.47. The lowest BCUT2D eigenvalue weighted by molar-refractivity contribution is 0.568. The van der Waals surface area contributed by atoms with E-state index in [9.17, 15) is 4.79 Å². The number of nitrogens with one attached hydrogen (secondary N) is 1. The van der Waals surface area contributed by atoms with Gasteiger partial charge in [-0.3, -0.25) is 4.57 Å². The SMILES string of the molecule is CCCCCCc1nn(CCC)c(=O)n1Cc1ccc(-c2cccc(-c3nnn[nH]3)c2)cc1. The zero-order valence-corrected chi connectivity index (χ0v) is 19.4. The third-order valence-electron chi connectivity index (χ3n) is 5.80. The predicted octanol–water partition coefficient (Wildman–Crippen LogP) is 4.47. The lowest BCUT2D eigenvalue weighted by Crippen LogP contribution is -2.26. The van der Waals surface area contributed by atoms with Crippen molar-refractivity contribution in [1.82, 2.24) is 35.0 Å². The van der Waals surface area contributed by atoms with E-state index >= 15 is 0 Å². The number of benzene rings is 2. The van der Waals surface area contributed by atoms with E-state index < -0.39 is 0 Å². The van der Waals surface area contributed by atoms with Crippen molar-refractivity contribution in [2.45, 2.75) is 65.5 Å². The summed E-state index contributed by atoms with van der Waals surface area (Å²) in [7, 11) is 0. The van der Waals surface area contributed by atoms with Crippen LogP contribution in [0.1, 0.15) is 57.3 Å². The molecule has 0 aliphatic heterocycles. The van der Waals surface area contributed by atoms with Crippen LogP contribution in [0, 0.1) is 0 Å². The van der Waals surface area contributed by atoms with E-state index in [0.717, 1.165) is 47.3 Å². The topological polar surface area (TPSA) is 94.3 Å². The monoisotopic (exact) mass is 445 g/mol.